The highest BCUT2D eigenvalue weighted by Crippen LogP contribution is 2.36. The molecule has 2 fully saturated rings. The number of nitrogens with one attached hydrogen (secondary N) is 1. The number of carbonyl (C=O) groups is 2. The predicted octanol–water partition coefficient (Wildman–Crippen LogP) is 1.76. The average molecular weight is 282 g/mol. The smallest absolute Gasteiger partial charge is 0.305 e. The van der Waals surface area contributed by atoms with Crippen LogP contribution in [0, 0.1) is 0 Å². The van der Waals surface area contributed by atoms with Crippen molar-refractivity contribution in [1.29, 1.82) is 0 Å². The molecule has 20 heavy (non-hydrogen) atoms. The Bertz CT molecular complexity index is 358. The summed E-state index contributed by atoms with van der Waals surface area (Å²) >= 11 is 0. The molecule has 1 heterocycles. The minimum absolute atomic E-state index is 0.0714. The van der Waals surface area contributed by atoms with Crippen LogP contribution in [-0.2, 0) is 9.59 Å². The highest BCUT2D eigenvalue weighted by Gasteiger charge is 2.42. The summed E-state index contributed by atoms with van der Waals surface area (Å²) in [5, 5.41) is 12.5. The molecule has 114 valence electrons. The Hall–Kier alpha value is -1.10. The van der Waals surface area contributed by atoms with E-state index in [0.29, 0.717) is 0 Å². The van der Waals surface area contributed by atoms with Gasteiger partial charge in [0, 0.05) is 7.05 Å². The number of carbonyl (C=O) groups excluding carboxylic acids is 1. The van der Waals surface area contributed by atoms with Crippen LogP contribution in [0.3, 0.4) is 0 Å². The van der Waals surface area contributed by atoms with E-state index in [9.17, 15) is 14.7 Å². The lowest BCUT2D eigenvalue weighted by Crippen LogP contribution is -2.57. The number of hydrogen-bond donors (Lipinski definition) is 2. The first-order valence-electron chi connectivity index (χ1n) is 7.78. The quantitative estimate of drug-likeness (QED) is 0.824. The van der Waals surface area contributed by atoms with Crippen LogP contribution < -0.4 is 5.32 Å². The lowest BCUT2D eigenvalue weighted by atomic mass is 9.77. The van der Waals surface area contributed by atoms with Crippen LogP contribution in [0.4, 0.5) is 0 Å². The van der Waals surface area contributed by atoms with Crippen molar-refractivity contribution in [3.63, 3.8) is 0 Å². The van der Waals surface area contributed by atoms with E-state index in [0.717, 1.165) is 57.9 Å². The third-order valence-corrected chi connectivity index (χ3v) is 4.92. The fourth-order valence-corrected chi connectivity index (χ4v) is 3.65. The zero-order chi connectivity index (χ0) is 14.6. The summed E-state index contributed by atoms with van der Waals surface area (Å²) in [6.07, 6.45) is 7.94. The molecule has 1 atom stereocenters. The number of carboxylic acids is 1. The Morgan fingerprint density at radius 1 is 1.20 bits per heavy atom. The molecule has 1 amide bonds. The van der Waals surface area contributed by atoms with Gasteiger partial charge in [-0.2, -0.15) is 0 Å². The largest absolute Gasteiger partial charge is 0.481 e. The van der Waals surface area contributed by atoms with Crippen molar-refractivity contribution < 1.29 is 14.7 Å². The topological polar surface area (TPSA) is 69.6 Å². The van der Waals surface area contributed by atoms with E-state index in [-0.39, 0.29) is 18.4 Å². The molecule has 0 aromatic rings. The van der Waals surface area contributed by atoms with Crippen LogP contribution >= 0.6 is 0 Å². The van der Waals surface area contributed by atoms with Gasteiger partial charge in [0.25, 0.3) is 0 Å². The van der Waals surface area contributed by atoms with Crippen molar-refractivity contribution in [3.8, 4) is 0 Å². The van der Waals surface area contributed by atoms with E-state index in [1.54, 1.807) is 11.9 Å². The maximum atomic E-state index is 12.7. The number of likely N-dealkylation sites (N-methyl/N-ethyl adjacent to an activating group) is 1. The van der Waals surface area contributed by atoms with E-state index in [1.807, 2.05) is 0 Å². The van der Waals surface area contributed by atoms with Gasteiger partial charge in [0.05, 0.1) is 18.0 Å². The molecular weight excluding hydrogens is 256 g/mol. The van der Waals surface area contributed by atoms with Crippen LogP contribution in [0.15, 0.2) is 0 Å². The standard InChI is InChI=1S/C15H26N2O3/c1-17(14(20)12-7-3-6-10-16-12)15(11-13(18)19)8-4-2-5-9-15/h12,16H,2-11H2,1H3,(H,18,19)/t12-/m0/s1. The maximum absolute atomic E-state index is 12.7. The summed E-state index contributed by atoms with van der Waals surface area (Å²) in [6, 6.07) is -0.124. The lowest BCUT2D eigenvalue weighted by Gasteiger charge is -2.45. The summed E-state index contributed by atoms with van der Waals surface area (Å²) in [7, 11) is 1.80. The number of nitrogens with zero attached hydrogens (tertiary/aromatic N) is 1. The fraction of sp³-hybridized carbons (Fsp3) is 0.867. The van der Waals surface area contributed by atoms with Crippen molar-refractivity contribution in [1.82, 2.24) is 10.2 Å². The van der Waals surface area contributed by atoms with Gasteiger partial charge in [-0.25, -0.2) is 0 Å². The molecule has 1 saturated carbocycles. The Kier molecular flexibility index (Phi) is 5.02. The van der Waals surface area contributed by atoms with E-state index >= 15 is 0 Å². The number of carboxylic acid groups (broad SMARTS) is 1. The third-order valence-electron chi connectivity index (χ3n) is 4.92. The molecule has 0 unspecified atom stereocenters. The van der Waals surface area contributed by atoms with Gasteiger partial charge in [-0.05, 0) is 32.2 Å². The summed E-state index contributed by atoms with van der Waals surface area (Å²) in [5.41, 5.74) is -0.472. The second-order valence-electron chi connectivity index (χ2n) is 6.26. The minimum Gasteiger partial charge on any atom is -0.481 e. The number of rotatable bonds is 4. The molecule has 0 aromatic heterocycles. The SMILES string of the molecule is CN(C(=O)[C@@H]1CCCCN1)C1(CC(=O)O)CCCCC1. The highest BCUT2D eigenvalue weighted by atomic mass is 16.4. The van der Waals surface area contributed by atoms with Crippen molar-refractivity contribution in [3.05, 3.63) is 0 Å². The molecule has 5 heteroatoms. The molecular formula is C15H26N2O3. The molecule has 1 saturated heterocycles. The monoisotopic (exact) mass is 282 g/mol. The van der Waals surface area contributed by atoms with Crippen LogP contribution in [-0.4, -0.2) is 47.1 Å². The predicted molar refractivity (Wildman–Crippen MR) is 76.5 cm³/mol. The van der Waals surface area contributed by atoms with Gasteiger partial charge >= 0.3 is 5.97 Å². The summed E-state index contributed by atoms with van der Waals surface area (Å²) in [6.45, 7) is 0.885. The van der Waals surface area contributed by atoms with Crippen molar-refractivity contribution in [2.45, 2.75) is 69.4 Å². The van der Waals surface area contributed by atoms with Gasteiger partial charge in [0.15, 0.2) is 0 Å². The summed E-state index contributed by atoms with van der Waals surface area (Å²) in [4.78, 5) is 25.6. The van der Waals surface area contributed by atoms with Crippen molar-refractivity contribution in [2.75, 3.05) is 13.6 Å². The molecule has 0 aromatic carbocycles. The molecule has 5 nitrogen and oxygen atoms in total. The highest BCUT2D eigenvalue weighted by molar-refractivity contribution is 5.83. The second-order valence-corrected chi connectivity index (χ2v) is 6.26. The van der Waals surface area contributed by atoms with Crippen LogP contribution in [0.2, 0.25) is 0 Å². The Morgan fingerprint density at radius 3 is 2.45 bits per heavy atom. The number of aliphatic carboxylic acids is 1. The zero-order valence-corrected chi connectivity index (χ0v) is 12.4. The third kappa shape index (κ3) is 3.32. The van der Waals surface area contributed by atoms with Crippen molar-refractivity contribution in [2.24, 2.45) is 0 Å². The first kappa shape index (κ1) is 15.3. The zero-order valence-electron chi connectivity index (χ0n) is 12.4. The summed E-state index contributed by atoms with van der Waals surface area (Å²) in [5.74, 6) is -0.726. The molecule has 0 bridgehead atoms. The molecule has 2 N–H and O–H groups in total. The lowest BCUT2D eigenvalue weighted by molar-refractivity contribution is -0.147. The molecule has 2 rings (SSSR count). The van der Waals surface area contributed by atoms with Crippen LogP contribution in [0.1, 0.15) is 57.8 Å². The number of amides is 1. The Morgan fingerprint density at radius 2 is 1.90 bits per heavy atom. The molecule has 1 aliphatic heterocycles. The molecule has 1 aliphatic carbocycles. The fourth-order valence-electron chi connectivity index (χ4n) is 3.65. The van der Waals surface area contributed by atoms with E-state index in [2.05, 4.69) is 5.32 Å². The first-order chi connectivity index (χ1) is 9.55. The normalized spacial score (nSPS) is 25.9. The van der Waals surface area contributed by atoms with Gasteiger partial charge in [0.2, 0.25) is 5.91 Å². The number of hydrogen-bond acceptors (Lipinski definition) is 3. The molecule has 0 radical (unpaired) electrons. The van der Waals surface area contributed by atoms with E-state index in [4.69, 9.17) is 0 Å². The van der Waals surface area contributed by atoms with Gasteiger partial charge in [-0.1, -0.05) is 25.7 Å². The average Bonchev–Trinajstić information content (AvgIpc) is 2.47. The number of piperidine rings is 1. The summed E-state index contributed by atoms with van der Waals surface area (Å²) < 4.78 is 0. The van der Waals surface area contributed by atoms with Gasteiger partial charge < -0.3 is 15.3 Å². The van der Waals surface area contributed by atoms with Gasteiger partial charge in [0.1, 0.15) is 0 Å². The van der Waals surface area contributed by atoms with Crippen LogP contribution in [0.5, 0.6) is 0 Å². The van der Waals surface area contributed by atoms with Gasteiger partial charge in [-0.3, -0.25) is 9.59 Å². The Balaban J connectivity index is 2.10. The molecule has 0 spiro atoms. The second kappa shape index (κ2) is 6.57. The maximum Gasteiger partial charge on any atom is 0.305 e. The first-order valence-corrected chi connectivity index (χ1v) is 7.78. The minimum atomic E-state index is -0.803. The molecule has 2 aliphatic rings. The van der Waals surface area contributed by atoms with Crippen molar-refractivity contribution >= 4 is 11.9 Å². The van der Waals surface area contributed by atoms with Crippen LogP contribution in [0.25, 0.3) is 0 Å². The Labute approximate surface area is 120 Å². The van der Waals surface area contributed by atoms with E-state index in [1.165, 1.54) is 0 Å². The van der Waals surface area contributed by atoms with Gasteiger partial charge in [-0.15, -0.1) is 0 Å². The van der Waals surface area contributed by atoms with E-state index < -0.39 is 11.5 Å².